The molecule has 0 spiro atoms. The van der Waals surface area contributed by atoms with Gasteiger partial charge in [-0.3, -0.25) is 9.88 Å². The minimum Gasteiger partial charge on any atom is -0.454 e. The number of hydrogen-bond acceptors (Lipinski definition) is 5. The highest BCUT2D eigenvalue weighted by Gasteiger charge is 2.20. The van der Waals surface area contributed by atoms with Crippen molar-refractivity contribution < 1.29 is 9.47 Å². The summed E-state index contributed by atoms with van der Waals surface area (Å²) in [5.74, 6) is 2.37. The summed E-state index contributed by atoms with van der Waals surface area (Å²) in [4.78, 5) is 15.6. The minimum absolute atomic E-state index is 0.242. The number of pyridine rings is 1. The third-order valence-corrected chi connectivity index (χ3v) is 6.51. The Kier molecular flexibility index (Phi) is 6.16. The molecule has 0 unspecified atom stereocenters. The first-order valence-electron chi connectivity index (χ1n) is 12.4. The predicted molar refractivity (Wildman–Crippen MR) is 145 cm³/mol. The van der Waals surface area contributed by atoms with Gasteiger partial charge in [0.15, 0.2) is 11.5 Å². The van der Waals surface area contributed by atoms with Gasteiger partial charge in [-0.25, -0.2) is 4.98 Å². The number of imidazole rings is 1. The maximum absolute atomic E-state index is 5.63. The molecule has 1 aliphatic rings. The molecule has 0 fully saturated rings. The number of nitrogens with one attached hydrogen (secondary N) is 1. The summed E-state index contributed by atoms with van der Waals surface area (Å²) in [6.07, 6.45) is 0. The summed E-state index contributed by atoms with van der Waals surface area (Å²) in [6, 6.07) is 31.1. The quantitative estimate of drug-likeness (QED) is 0.284. The molecule has 6 heteroatoms. The van der Waals surface area contributed by atoms with Crippen LogP contribution in [0.5, 0.6) is 11.5 Å². The van der Waals surface area contributed by atoms with E-state index >= 15 is 0 Å². The molecule has 0 saturated carbocycles. The van der Waals surface area contributed by atoms with Crippen LogP contribution in [0.4, 0.5) is 0 Å². The second kappa shape index (κ2) is 9.91. The Bertz CT molecular complexity index is 1540. The van der Waals surface area contributed by atoms with Crippen molar-refractivity contribution in [2.24, 2.45) is 0 Å². The lowest BCUT2D eigenvalue weighted by molar-refractivity contribution is 0.174. The van der Waals surface area contributed by atoms with E-state index in [2.05, 4.69) is 65.5 Å². The maximum Gasteiger partial charge on any atom is 0.231 e. The number of aromatic nitrogens is 3. The molecule has 0 saturated heterocycles. The summed E-state index contributed by atoms with van der Waals surface area (Å²) >= 11 is 0. The molecule has 0 amide bonds. The molecule has 1 N–H and O–H groups in total. The molecule has 3 heterocycles. The number of H-pyrrole nitrogens is 1. The van der Waals surface area contributed by atoms with Crippen LogP contribution >= 0.6 is 0 Å². The van der Waals surface area contributed by atoms with Crippen molar-refractivity contribution in [3.8, 4) is 45.3 Å². The number of rotatable bonds is 7. The van der Waals surface area contributed by atoms with Crippen LogP contribution in [0.25, 0.3) is 33.8 Å². The smallest absolute Gasteiger partial charge is 0.231 e. The maximum atomic E-state index is 5.63. The first-order chi connectivity index (χ1) is 18.1. The monoisotopic (exact) mass is 488 g/mol. The molecule has 0 radical (unpaired) electrons. The van der Waals surface area contributed by atoms with E-state index in [4.69, 9.17) is 19.4 Å². The second-order valence-electron chi connectivity index (χ2n) is 9.33. The Morgan fingerprint density at radius 1 is 0.784 bits per heavy atom. The van der Waals surface area contributed by atoms with Crippen molar-refractivity contribution in [1.82, 2.24) is 19.9 Å². The van der Waals surface area contributed by atoms with E-state index in [-0.39, 0.29) is 6.79 Å². The van der Waals surface area contributed by atoms with Crippen molar-refractivity contribution in [1.29, 1.82) is 0 Å². The van der Waals surface area contributed by atoms with Crippen molar-refractivity contribution >= 4 is 0 Å². The number of ether oxygens (including phenoxy) is 2. The number of aryl methyl sites for hydroxylation is 1. The summed E-state index contributed by atoms with van der Waals surface area (Å²) in [7, 11) is 2.12. The van der Waals surface area contributed by atoms with Crippen LogP contribution in [-0.4, -0.2) is 33.7 Å². The van der Waals surface area contributed by atoms with Crippen molar-refractivity contribution in [3.05, 3.63) is 108 Å². The van der Waals surface area contributed by atoms with Crippen LogP contribution in [0.3, 0.4) is 0 Å². The Labute approximate surface area is 216 Å². The largest absolute Gasteiger partial charge is 0.454 e. The van der Waals surface area contributed by atoms with Crippen LogP contribution in [0.15, 0.2) is 91.0 Å². The molecule has 0 bridgehead atoms. The standard InChI is InChI=1S/C31H28N4O2/c1-21-9-8-14-26(32-21)31-30(23-15-16-27-28(17-23)37-20-36-27)33-29(34-31)19-35(2)18-24-12-6-7-13-25(24)22-10-4-3-5-11-22/h3-17H,18-20H2,1-2H3,(H,33,34). The van der Waals surface area contributed by atoms with Gasteiger partial charge in [0.25, 0.3) is 0 Å². The fourth-order valence-corrected chi connectivity index (χ4v) is 4.78. The van der Waals surface area contributed by atoms with Crippen molar-refractivity contribution in [2.75, 3.05) is 13.8 Å². The number of hydrogen-bond donors (Lipinski definition) is 1. The Balaban J connectivity index is 1.31. The van der Waals surface area contributed by atoms with Crippen molar-refractivity contribution in [3.63, 3.8) is 0 Å². The van der Waals surface area contributed by atoms with E-state index in [1.807, 2.05) is 49.4 Å². The van der Waals surface area contributed by atoms with Gasteiger partial charge < -0.3 is 14.5 Å². The summed E-state index contributed by atoms with van der Waals surface area (Å²) in [6.45, 7) is 3.70. The summed E-state index contributed by atoms with van der Waals surface area (Å²) in [5, 5.41) is 0. The normalized spacial score (nSPS) is 12.3. The van der Waals surface area contributed by atoms with Gasteiger partial charge in [-0.2, -0.15) is 0 Å². The van der Waals surface area contributed by atoms with Gasteiger partial charge in [0.05, 0.1) is 23.6 Å². The van der Waals surface area contributed by atoms with Gasteiger partial charge in [0.1, 0.15) is 5.82 Å². The molecular formula is C31H28N4O2. The zero-order valence-corrected chi connectivity index (χ0v) is 20.9. The molecule has 6 nitrogen and oxygen atoms in total. The highest BCUT2D eigenvalue weighted by molar-refractivity contribution is 5.78. The molecule has 0 atom stereocenters. The van der Waals surface area contributed by atoms with E-state index < -0.39 is 0 Å². The fraction of sp³-hybridized carbons (Fsp3) is 0.161. The lowest BCUT2D eigenvalue weighted by Crippen LogP contribution is -2.18. The zero-order chi connectivity index (χ0) is 25.2. The van der Waals surface area contributed by atoms with Gasteiger partial charge in [-0.1, -0.05) is 60.7 Å². The van der Waals surface area contributed by atoms with E-state index in [0.717, 1.165) is 52.2 Å². The molecule has 1 aliphatic heterocycles. The Hall–Kier alpha value is -4.42. The molecule has 5 aromatic rings. The van der Waals surface area contributed by atoms with Gasteiger partial charge in [-0.05, 0) is 61.0 Å². The number of benzene rings is 3. The van der Waals surface area contributed by atoms with Crippen LogP contribution in [0, 0.1) is 6.92 Å². The topological polar surface area (TPSA) is 63.3 Å². The van der Waals surface area contributed by atoms with E-state index in [1.54, 1.807) is 0 Å². The van der Waals surface area contributed by atoms with Crippen LogP contribution in [0.2, 0.25) is 0 Å². The van der Waals surface area contributed by atoms with Gasteiger partial charge in [-0.15, -0.1) is 0 Å². The molecule has 2 aromatic heterocycles. The average Bonchev–Trinajstić information content (AvgIpc) is 3.56. The van der Waals surface area contributed by atoms with Gasteiger partial charge >= 0.3 is 0 Å². The van der Waals surface area contributed by atoms with Crippen LogP contribution in [0.1, 0.15) is 17.1 Å². The second-order valence-corrected chi connectivity index (χ2v) is 9.33. The highest BCUT2D eigenvalue weighted by Crippen LogP contribution is 2.38. The lowest BCUT2D eigenvalue weighted by atomic mass is 9.99. The van der Waals surface area contributed by atoms with Crippen molar-refractivity contribution in [2.45, 2.75) is 20.0 Å². The average molecular weight is 489 g/mol. The first-order valence-corrected chi connectivity index (χ1v) is 12.4. The number of fused-ring (bicyclic) bond motifs is 1. The van der Waals surface area contributed by atoms with E-state index in [1.165, 1.54) is 16.7 Å². The summed E-state index contributed by atoms with van der Waals surface area (Å²) in [5.41, 5.74) is 8.28. The molecule has 184 valence electrons. The van der Waals surface area contributed by atoms with Crippen LogP contribution in [-0.2, 0) is 13.1 Å². The Morgan fingerprint density at radius 2 is 1.59 bits per heavy atom. The fourth-order valence-electron chi connectivity index (χ4n) is 4.78. The number of nitrogens with zero attached hydrogens (tertiary/aromatic N) is 3. The third-order valence-electron chi connectivity index (χ3n) is 6.51. The Morgan fingerprint density at radius 3 is 2.46 bits per heavy atom. The van der Waals surface area contributed by atoms with Gasteiger partial charge in [0, 0.05) is 17.8 Å². The van der Waals surface area contributed by atoms with E-state index in [9.17, 15) is 0 Å². The highest BCUT2D eigenvalue weighted by atomic mass is 16.7. The third kappa shape index (κ3) is 4.84. The molecule has 37 heavy (non-hydrogen) atoms. The number of aromatic amines is 1. The molecule has 3 aromatic carbocycles. The van der Waals surface area contributed by atoms with E-state index in [0.29, 0.717) is 6.54 Å². The van der Waals surface area contributed by atoms with Crippen LogP contribution < -0.4 is 9.47 Å². The zero-order valence-electron chi connectivity index (χ0n) is 20.9. The lowest BCUT2D eigenvalue weighted by Gasteiger charge is -2.18. The van der Waals surface area contributed by atoms with Gasteiger partial charge in [0.2, 0.25) is 6.79 Å². The summed E-state index contributed by atoms with van der Waals surface area (Å²) < 4.78 is 11.1. The minimum atomic E-state index is 0.242. The first kappa shape index (κ1) is 23.0. The predicted octanol–water partition coefficient (Wildman–Crippen LogP) is 6.47. The SMILES string of the molecule is Cc1cccc(-c2[nH]c(CN(C)Cc3ccccc3-c3ccccc3)nc2-c2ccc3c(c2)OCO3)n1. The molecule has 0 aliphatic carbocycles. The molecular weight excluding hydrogens is 460 g/mol. The molecule has 6 rings (SSSR count).